The Labute approximate surface area is 119 Å². The third-order valence-electron chi connectivity index (χ3n) is 3.06. The van der Waals surface area contributed by atoms with Crippen LogP contribution in [0.15, 0.2) is 24.8 Å². The quantitative estimate of drug-likeness (QED) is 0.834. The molecule has 0 bridgehead atoms. The molecule has 6 nitrogen and oxygen atoms in total. The molecule has 1 N–H and O–H groups in total. The Bertz CT molecular complexity index is 526. The van der Waals surface area contributed by atoms with Crippen LogP contribution in [0.2, 0.25) is 0 Å². The molecule has 2 heterocycles. The van der Waals surface area contributed by atoms with E-state index < -0.39 is 0 Å². The SMILES string of the molecule is CCCn1ncc(OC)c1C(NCC)c1cnccn1. The number of aryl methyl sites for hydroxylation is 1. The third-order valence-corrected chi connectivity index (χ3v) is 3.06. The first-order valence-corrected chi connectivity index (χ1v) is 6.90. The van der Waals surface area contributed by atoms with Gasteiger partial charge in [0, 0.05) is 18.9 Å². The van der Waals surface area contributed by atoms with Crippen molar-refractivity contribution in [3.63, 3.8) is 0 Å². The summed E-state index contributed by atoms with van der Waals surface area (Å²) in [7, 11) is 1.66. The van der Waals surface area contributed by atoms with Crippen molar-refractivity contribution in [2.75, 3.05) is 13.7 Å². The van der Waals surface area contributed by atoms with Crippen LogP contribution in [0.25, 0.3) is 0 Å². The van der Waals surface area contributed by atoms with Gasteiger partial charge in [-0.1, -0.05) is 13.8 Å². The van der Waals surface area contributed by atoms with Crippen molar-refractivity contribution in [2.24, 2.45) is 0 Å². The van der Waals surface area contributed by atoms with E-state index in [1.54, 1.807) is 31.9 Å². The van der Waals surface area contributed by atoms with E-state index in [0.717, 1.165) is 36.6 Å². The smallest absolute Gasteiger partial charge is 0.161 e. The Hall–Kier alpha value is -1.95. The molecular weight excluding hydrogens is 254 g/mol. The normalized spacial score (nSPS) is 12.3. The fraction of sp³-hybridized carbons (Fsp3) is 0.500. The monoisotopic (exact) mass is 275 g/mol. The number of nitrogens with one attached hydrogen (secondary N) is 1. The molecule has 0 aromatic carbocycles. The second-order valence-corrected chi connectivity index (χ2v) is 4.44. The Morgan fingerprint density at radius 2 is 2.15 bits per heavy atom. The van der Waals surface area contributed by atoms with Gasteiger partial charge >= 0.3 is 0 Å². The zero-order chi connectivity index (χ0) is 14.4. The highest BCUT2D eigenvalue weighted by molar-refractivity contribution is 5.33. The van der Waals surface area contributed by atoms with Crippen LogP contribution in [0.5, 0.6) is 5.75 Å². The van der Waals surface area contributed by atoms with Gasteiger partial charge in [-0.05, 0) is 13.0 Å². The topological polar surface area (TPSA) is 64.9 Å². The molecule has 0 radical (unpaired) electrons. The minimum absolute atomic E-state index is 0.0716. The lowest BCUT2D eigenvalue weighted by Crippen LogP contribution is -2.26. The summed E-state index contributed by atoms with van der Waals surface area (Å²) in [6.07, 6.45) is 7.92. The molecule has 2 aromatic heterocycles. The summed E-state index contributed by atoms with van der Waals surface area (Å²) in [5, 5.41) is 7.84. The molecule has 0 aliphatic heterocycles. The van der Waals surface area contributed by atoms with Gasteiger partial charge in [-0.3, -0.25) is 14.6 Å². The van der Waals surface area contributed by atoms with Crippen LogP contribution < -0.4 is 10.1 Å². The average Bonchev–Trinajstić information content (AvgIpc) is 2.89. The highest BCUT2D eigenvalue weighted by atomic mass is 16.5. The van der Waals surface area contributed by atoms with E-state index in [9.17, 15) is 0 Å². The molecule has 2 aromatic rings. The van der Waals surface area contributed by atoms with Crippen molar-refractivity contribution in [2.45, 2.75) is 32.9 Å². The van der Waals surface area contributed by atoms with E-state index in [1.807, 2.05) is 4.68 Å². The number of methoxy groups -OCH3 is 1. The molecule has 0 fully saturated rings. The van der Waals surface area contributed by atoms with Crippen LogP contribution in [0.1, 0.15) is 37.7 Å². The van der Waals surface area contributed by atoms with Crippen molar-refractivity contribution in [3.05, 3.63) is 36.2 Å². The largest absolute Gasteiger partial charge is 0.493 e. The van der Waals surface area contributed by atoms with E-state index in [2.05, 4.69) is 34.2 Å². The van der Waals surface area contributed by atoms with Gasteiger partial charge in [0.1, 0.15) is 5.69 Å². The maximum absolute atomic E-state index is 5.45. The average molecular weight is 275 g/mol. The van der Waals surface area contributed by atoms with E-state index in [0.29, 0.717) is 0 Å². The van der Waals surface area contributed by atoms with E-state index >= 15 is 0 Å². The molecule has 0 aliphatic carbocycles. The summed E-state index contributed by atoms with van der Waals surface area (Å²) in [6, 6.07) is -0.0716. The molecule has 6 heteroatoms. The minimum atomic E-state index is -0.0716. The lowest BCUT2D eigenvalue weighted by molar-refractivity contribution is 0.397. The van der Waals surface area contributed by atoms with Gasteiger partial charge in [0.05, 0.1) is 31.2 Å². The molecule has 1 atom stereocenters. The predicted octanol–water partition coefficient (Wildman–Crippen LogP) is 1.79. The molecule has 0 spiro atoms. The van der Waals surface area contributed by atoms with Crippen LogP contribution in [0, 0.1) is 0 Å². The van der Waals surface area contributed by atoms with Crippen LogP contribution in [-0.4, -0.2) is 33.4 Å². The molecule has 0 saturated carbocycles. The molecule has 0 amide bonds. The minimum Gasteiger partial charge on any atom is -0.493 e. The fourth-order valence-corrected chi connectivity index (χ4v) is 2.22. The number of hydrogen-bond acceptors (Lipinski definition) is 5. The Kier molecular flexibility index (Phi) is 5.06. The van der Waals surface area contributed by atoms with Crippen LogP contribution in [0.3, 0.4) is 0 Å². The molecule has 0 aliphatic rings. The van der Waals surface area contributed by atoms with E-state index in [-0.39, 0.29) is 6.04 Å². The number of ether oxygens (including phenoxy) is 1. The maximum Gasteiger partial charge on any atom is 0.161 e. The number of rotatable bonds is 7. The molecule has 0 saturated heterocycles. The highest BCUT2D eigenvalue weighted by Crippen LogP contribution is 2.28. The fourth-order valence-electron chi connectivity index (χ4n) is 2.22. The zero-order valence-electron chi connectivity index (χ0n) is 12.2. The maximum atomic E-state index is 5.45. The molecule has 20 heavy (non-hydrogen) atoms. The molecule has 2 rings (SSSR count). The number of aromatic nitrogens is 4. The summed E-state index contributed by atoms with van der Waals surface area (Å²) < 4.78 is 7.42. The van der Waals surface area contributed by atoms with Crippen molar-refractivity contribution in [3.8, 4) is 5.75 Å². The Morgan fingerprint density at radius 1 is 1.30 bits per heavy atom. The number of nitrogens with zero attached hydrogens (tertiary/aromatic N) is 4. The first kappa shape index (κ1) is 14.5. The summed E-state index contributed by atoms with van der Waals surface area (Å²) >= 11 is 0. The standard InChI is InChI=1S/C14H21N5O/c1-4-8-19-14(12(20-3)10-18-19)13(16-5-2)11-9-15-6-7-17-11/h6-7,9-10,13,16H,4-5,8H2,1-3H3. The lowest BCUT2D eigenvalue weighted by atomic mass is 10.1. The first-order chi connectivity index (χ1) is 9.81. The van der Waals surface area contributed by atoms with E-state index in [1.165, 1.54) is 0 Å². The molecular formula is C14H21N5O. The Morgan fingerprint density at radius 3 is 2.75 bits per heavy atom. The lowest BCUT2D eigenvalue weighted by Gasteiger charge is -2.19. The van der Waals surface area contributed by atoms with Crippen LogP contribution in [-0.2, 0) is 6.54 Å². The van der Waals surface area contributed by atoms with Crippen molar-refractivity contribution < 1.29 is 4.74 Å². The van der Waals surface area contributed by atoms with Crippen molar-refractivity contribution >= 4 is 0 Å². The zero-order valence-corrected chi connectivity index (χ0v) is 12.2. The van der Waals surface area contributed by atoms with Gasteiger partial charge in [-0.25, -0.2) is 0 Å². The summed E-state index contributed by atoms with van der Waals surface area (Å²) in [5.41, 5.74) is 1.86. The molecule has 108 valence electrons. The second kappa shape index (κ2) is 7.00. The number of hydrogen-bond donors (Lipinski definition) is 1. The van der Waals surface area contributed by atoms with Gasteiger partial charge in [0.2, 0.25) is 0 Å². The summed E-state index contributed by atoms with van der Waals surface area (Å²) in [4.78, 5) is 8.56. The molecule has 1 unspecified atom stereocenters. The van der Waals surface area contributed by atoms with Crippen LogP contribution >= 0.6 is 0 Å². The van der Waals surface area contributed by atoms with Gasteiger partial charge in [-0.2, -0.15) is 5.10 Å². The summed E-state index contributed by atoms with van der Waals surface area (Å²) in [6.45, 7) is 5.86. The van der Waals surface area contributed by atoms with Gasteiger partial charge < -0.3 is 10.1 Å². The van der Waals surface area contributed by atoms with Crippen LogP contribution in [0.4, 0.5) is 0 Å². The predicted molar refractivity (Wildman–Crippen MR) is 76.6 cm³/mol. The Balaban J connectivity index is 2.45. The van der Waals surface area contributed by atoms with Crippen molar-refractivity contribution in [1.82, 2.24) is 25.1 Å². The van der Waals surface area contributed by atoms with E-state index in [4.69, 9.17) is 4.74 Å². The highest BCUT2D eigenvalue weighted by Gasteiger charge is 2.23. The van der Waals surface area contributed by atoms with Gasteiger partial charge in [0.15, 0.2) is 5.75 Å². The van der Waals surface area contributed by atoms with Gasteiger partial charge in [0.25, 0.3) is 0 Å². The van der Waals surface area contributed by atoms with Crippen molar-refractivity contribution in [1.29, 1.82) is 0 Å². The summed E-state index contributed by atoms with van der Waals surface area (Å²) in [5.74, 6) is 0.773. The third kappa shape index (κ3) is 2.96. The second-order valence-electron chi connectivity index (χ2n) is 4.44. The first-order valence-electron chi connectivity index (χ1n) is 6.90. The van der Waals surface area contributed by atoms with Gasteiger partial charge in [-0.15, -0.1) is 0 Å².